The molecule has 1 saturated carbocycles. The molecule has 0 bridgehead atoms. The molecule has 1 aromatic carbocycles. The Hall–Kier alpha value is -1.73. The number of tetrazole rings is 1. The zero-order chi connectivity index (χ0) is 14.8. The predicted molar refractivity (Wildman–Crippen MR) is 87.0 cm³/mol. The molecule has 22 heavy (non-hydrogen) atoms. The van der Waals surface area contributed by atoms with Crippen LogP contribution in [0.5, 0.6) is 0 Å². The van der Waals surface area contributed by atoms with Crippen molar-refractivity contribution in [3.05, 3.63) is 52.0 Å². The van der Waals surface area contributed by atoms with Crippen LogP contribution < -0.4 is 0 Å². The van der Waals surface area contributed by atoms with E-state index in [0.29, 0.717) is 6.04 Å². The van der Waals surface area contributed by atoms with Gasteiger partial charge in [-0.1, -0.05) is 42.1 Å². The van der Waals surface area contributed by atoms with Crippen molar-refractivity contribution in [2.45, 2.75) is 36.2 Å². The van der Waals surface area contributed by atoms with E-state index in [-0.39, 0.29) is 0 Å². The van der Waals surface area contributed by atoms with E-state index in [1.54, 1.807) is 23.1 Å². The van der Waals surface area contributed by atoms with Crippen molar-refractivity contribution in [2.24, 2.45) is 0 Å². The molecule has 0 spiro atoms. The van der Waals surface area contributed by atoms with Crippen LogP contribution in [0.3, 0.4) is 0 Å². The van der Waals surface area contributed by atoms with Crippen molar-refractivity contribution < 1.29 is 0 Å². The highest BCUT2D eigenvalue weighted by Gasteiger charge is 2.27. The van der Waals surface area contributed by atoms with Crippen LogP contribution in [0.4, 0.5) is 0 Å². The van der Waals surface area contributed by atoms with Crippen molar-refractivity contribution in [3.63, 3.8) is 0 Å². The Bertz CT molecular complexity index is 748. The van der Waals surface area contributed by atoms with Crippen LogP contribution in [0.25, 0.3) is 0 Å². The molecule has 4 rings (SSSR count). The van der Waals surface area contributed by atoms with E-state index in [2.05, 4.69) is 45.2 Å². The number of hydrogen-bond acceptors (Lipinski definition) is 6. The van der Waals surface area contributed by atoms with Gasteiger partial charge in [0.1, 0.15) is 0 Å². The van der Waals surface area contributed by atoms with Gasteiger partial charge in [0.05, 0.1) is 16.7 Å². The molecule has 1 aliphatic carbocycles. The molecule has 5 nitrogen and oxygen atoms in total. The maximum atomic E-state index is 4.71. The first kappa shape index (κ1) is 13.9. The third-order valence-electron chi connectivity index (χ3n) is 3.50. The van der Waals surface area contributed by atoms with E-state index in [1.165, 1.54) is 18.4 Å². The van der Waals surface area contributed by atoms with Crippen LogP contribution in [-0.4, -0.2) is 25.2 Å². The zero-order valence-corrected chi connectivity index (χ0v) is 13.6. The summed E-state index contributed by atoms with van der Waals surface area (Å²) < 4.78 is 1.95. The highest BCUT2D eigenvalue weighted by Crippen LogP contribution is 2.36. The topological polar surface area (TPSA) is 56.5 Å². The molecule has 1 fully saturated rings. The molecular formula is C15H15N5S2. The highest BCUT2D eigenvalue weighted by atomic mass is 32.2. The van der Waals surface area contributed by atoms with Crippen LogP contribution in [0.15, 0.2) is 40.9 Å². The minimum absolute atomic E-state index is 0.515. The molecule has 2 heterocycles. The molecule has 0 aliphatic heterocycles. The second kappa shape index (κ2) is 6.18. The van der Waals surface area contributed by atoms with Crippen molar-refractivity contribution in [2.75, 3.05) is 0 Å². The monoisotopic (exact) mass is 329 g/mol. The van der Waals surface area contributed by atoms with Crippen LogP contribution in [0.2, 0.25) is 0 Å². The van der Waals surface area contributed by atoms with Crippen LogP contribution in [0, 0.1) is 0 Å². The Morgan fingerprint density at radius 3 is 2.91 bits per heavy atom. The number of benzene rings is 1. The number of thioether (sulfide) groups is 1. The van der Waals surface area contributed by atoms with Gasteiger partial charge in [0.2, 0.25) is 5.16 Å². The van der Waals surface area contributed by atoms with Gasteiger partial charge in [-0.25, -0.2) is 9.67 Å². The Kier molecular flexibility index (Phi) is 3.90. The fraction of sp³-hybridized carbons (Fsp3) is 0.333. The van der Waals surface area contributed by atoms with E-state index in [0.717, 1.165) is 28.0 Å². The highest BCUT2D eigenvalue weighted by molar-refractivity contribution is 7.98. The number of rotatable bonds is 6. The van der Waals surface area contributed by atoms with Gasteiger partial charge in [-0.2, -0.15) is 0 Å². The van der Waals surface area contributed by atoms with Crippen LogP contribution in [-0.2, 0) is 12.2 Å². The first-order chi connectivity index (χ1) is 10.9. The molecule has 7 heteroatoms. The van der Waals surface area contributed by atoms with Gasteiger partial charge in [-0.05, 0) is 28.8 Å². The molecular weight excluding hydrogens is 314 g/mol. The Morgan fingerprint density at radius 1 is 1.23 bits per heavy atom. The lowest BCUT2D eigenvalue weighted by molar-refractivity contribution is 0.565. The Morgan fingerprint density at radius 2 is 2.09 bits per heavy atom. The lowest BCUT2D eigenvalue weighted by Gasteiger charge is -2.00. The quantitative estimate of drug-likeness (QED) is 0.649. The third kappa shape index (κ3) is 3.20. The number of thiazole rings is 1. The standard InChI is InChI=1S/C15H15N5S2/c1-2-4-11(5-3-1)8-14-16-12(9-21-14)10-22-15-17-18-19-20(15)13-6-7-13/h1-5,9,13H,6-8,10H2. The Labute approximate surface area is 136 Å². The van der Waals surface area contributed by atoms with E-state index in [9.17, 15) is 0 Å². The average molecular weight is 329 g/mol. The molecule has 0 amide bonds. The van der Waals surface area contributed by atoms with E-state index in [4.69, 9.17) is 4.98 Å². The molecule has 1 aliphatic rings. The summed E-state index contributed by atoms with van der Waals surface area (Å²) in [7, 11) is 0. The summed E-state index contributed by atoms with van der Waals surface area (Å²) in [6, 6.07) is 11.0. The first-order valence-electron chi connectivity index (χ1n) is 7.26. The lowest BCUT2D eigenvalue weighted by atomic mass is 10.2. The number of nitrogens with zero attached hydrogens (tertiary/aromatic N) is 5. The van der Waals surface area contributed by atoms with Gasteiger partial charge in [-0.15, -0.1) is 16.4 Å². The SMILES string of the molecule is c1ccc(Cc2nc(CSc3nnnn3C3CC3)cs2)cc1. The predicted octanol–water partition coefficient (Wildman–Crippen LogP) is 3.35. The van der Waals surface area contributed by atoms with Crippen molar-refractivity contribution in [1.82, 2.24) is 25.2 Å². The molecule has 0 unspecified atom stereocenters. The second-order valence-electron chi connectivity index (χ2n) is 5.32. The van der Waals surface area contributed by atoms with E-state index in [1.807, 2.05) is 10.7 Å². The normalized spacial score (nSPS) is 14.4. The van der Waals surface area contributed by atoms with Crippen molar-refractivity contribution in [1.29, 1.82) is 0 Å². The lowest BCUT2D eigenvalue weighted by Crippen LogP contribution is -1.98. The zero-order valence-electron chi connectivity index (χ0n) is 11.9. The van der Waals surface area contributed by atoms with E-state index < -0.39 is 0 Å². The summed E-state index contributed by atoms with van der Waals surface area (Å²) in [5.41, 5.74) is 2.40. The molecule has 112 valence electrons. The molecule has 0 atom stereocenters. The minimum Gasteiger partial charge on any atom is -0.245 e. The summed E-state index contributed by atoms with van der Waals surface area (Å²) in [5.74, 6) is 0.818. The number of hydrogen-bond donors (Lipinski definition) is 0. The number of aromatic nitrogens is 5. The van der Waals surface area contributed by atoms with Crippen LogP contribution in [0.1, 0.15) is 35.1 Å². The maximum absolute atomic E-state index is 4.71. The van der Waals surface area contributed by atoms with Gasteiger partial charge in [0.15, 0.2) is 0 Å². The van der Waals surface area contributed by atoms with Gasteiger partial charge in [-0.3, -0.25) is 0 Å². The maximum Gasteiger partial charge on any atom is 0.209 e. The summed E-state index contributed by atoms with van der Waals surface area (Å²) in [6.45, 7) is 0. The fourth-order valence-electron chi connectivity index (χ4n) is 2.23. The second-order valence-corrected chi connectivity index (χ2v) is 7.21. The van der Waals surface area contributed by atoms with Gasteiger partial charge < -0.3 is 0 Å². The molecule has 3 aromatic rings. The largest absolute Gasteiger partial charge is 0.245 e. The van der Waals surface area contributed by atoms with Crippen molar-refractivity contribution >= 4 is 23.1 Å². The molecule has 0 radical (unpaired) electrons. The smallest absolute Gasteiger partial charge is 0.209 e. The molecule has 0 N–H and O–H groups in total. The average Bonchev–Trinajstić information content (AvgIpc) is 3.11. The van der Waals surface area contributed by atoms with Crippen LogP contribution >= 0.6 is 23.1 Å². The fourth-order valence-corrected chi connectivity index (χ4v) is 4.00. The summed E-state index contributed by atoms with van der Waals surface area (Å²) >= 11 is 3.39. The summed E-state index contributed by atoms with van der Waals surface area (Å²) in [6.07, 6.45) is 3.28. The summed E-state index contributed by atoms with van der Waals surface area (Å²) in [5, 5.41) is 16.2. The minimum atomic E-state index is 0.515. The van der Waals surface area contributed by atoms with Gasteiger partial charge >= 0.3 is 0 Å². The van der Waals surface area contributed by atoms with Crippen molar-refractivity contribution in [3.8, 4) is 0 Å². The molecule has 0 saturated heterocycles. The Balaban J connectivity index is 1.38. The van der Waals surface area contributed by atoms with Gasteiger partial charge in [0.25, 0.3) is 0 Å². The van der Waals surface area contributed by atoms with Gasteiger partial charge in [0, 0.05) is 17.6 Å². The van der Waals surface area contributed by atoms with E-state index >= 15 is 0 Å². The summed E-state index contributed by atoms with van der Waals surface area (Å²) in [4.78, 5) is 4.71. The molecule has 2 aromatic heterocycles. The first-order valence-corrected chi connectivity index (χ1v) is 9.13. The third-order valence-corrected chi connectivity index (χ3v) is 5.37.